The van der Waals surface area contributed by atoms with Crippen molar-refractivity contribution in [3.63, 3.8) is 0 Å². The van der Waals surface area contributed by atoms with E-state index in [1.807, 2.05) is 23.5 Å². The molecule has 1 aliphatic rings. The molecule has 0 amide bonds. The van der Waals surface area contributed by atoms with Crippen molar-refractivity contribution < 1.29 is 0 Å². The average molecular weight is 250 g/mol. The lowest BCUT2D eigenvalue weighted by Crippen LogP contribution is -2.21. The van der Waals surface area contributed by atoms with Crippen LogP contribution in [0.4, 0.5) is 0 Å². The molecule has 3 rings (SSSR count). The molecule has 0 aliphatic carbocycles. The van der Waals surface area contributed by atoms with Gasteiger partial charge < -0.3 is 5.32 Å². The molecule has 1 N–H and O–H groups in total. The van der Waals surface area contributed by atoms with Crippen molar-refractivity contribution >= 4 is 22.9 Å². The highest BCUT2D eigenvalue weighted by Crippen LogP contribution is 2.33. The van der Waals surface area contributed by atoms with Gasteiger partial charge in [0.25, 0.3) is 0 Å². The van der Waals surface area contributed by atoms with Gasteiger partial charge >= 0.3 is 0 Å². The zero-order valence-corrected chi connectivity index (χ0v) is 10.4. The minimum Gasteiger partial charge on any atom is -0.312 e. The maximum absolute atomic E-state index is 5.89. The first-order valence-electron chi connectivity index (χ1n) is 5.41. The van der Waals surface area contributed by atoms with E-state index in [4.69, 9.17) is 11.6 Å². The molecule has 16 heavy (non-hydrogen) atoms. The van der Waals surface area contributed by atoms with E-state index in [1.54, 1.807) is 0 Å². The molecule has 3 heteroatoms. The van der Waals surface area contributed by atoms with Crippen LogP contribution in [0.25, 0.3) is 10.4 Å². The largest absolute Gasteiger partial charge is 0.312 e. The van der Waals surface area contributed by atoms with Crippen molar-refractivity contribution in [3.05, 3.63) is 45.8 Å². The van der Waals surface area contributed by atoms with E-state index in [0.29, 0.717) is 0 Å². The highest BCUT2D eigenvalue weighted by atomic mass is 35.5. The van der Waals surface area contributed by atoms with E-state index >= 15 is 0 Å². The van der Waals surface area contributed by atoms with Crippen molar-refractivity contribution in [3.8, 4) is 10.4 Å². The topological polar surface area (TPSA) is 12.0 Å². The van der Waals surface area contributed by atoms with Crippen molar-refractivity contribution in [1.29, 1.82) is 0 Å². The van der Waals surface area contributed by atoms with Gasteiger partial charge in [0, 0.05) is 21.3 Å². The second kappa shape index (κ2) is 4.21. The zero-order valence-electron chi connectivity index (χ0n) is 8.79. The Labute approximate surface area is 104 Å². The van der Waals surface area contributed by atoms with Gasteiger partial charge in [-0.15, -0.1) is 11.3 Å². The van der Waals surface area contributed by atoms with Crippen LogP contribution in [0.1, 0.15) is 10.4 Å². The smallest absolute Gasteiger partial charge is 0.0406 e. The number of benzene rings is 1. The van der Waals surface area contributed by atoms with Crippen molar-refractivity contribution in [1.82, 2.24) is 5.32 Å². The Morgan fingerprint density at radius 2 is 2.00 bits per heavy atom. The van der Waals surface area contributed by atoms with Gasteiger partial charge in [-0.1, -0.05) is 23.7 Å². The van der Waals surface area contributed by atoms with Gasteiger partial charge in [-0.05, 0) is 42.3 Å². The molecule has 82 valence electrons. The summed E-state index contributed by atoms with van der Waals surface area (Å²) in [5.41, 5.74) is 2.78. The molecule has 0 saturated carbocycles. The fraction of sp³-hybridized carbons (Fsp3) is 0.231. The third-order valence-corrected chi connectivity index (χ3v) is 4.36. The predicted octanol–water partition coefficient (Wildman–Crippen LogP) is 3.71. The van der Waals surface area contributed by atoms with Crippen LogP contribution in [-0.2, 0) is 13.0 Å². The average Bonchev–Trinajstić information content (AvgIpc) is 2.73. The monoisotopic (exact) mass is 249 g/mol. The Morgan fingerprint density at radius 3 is 2.75 bits per heavy atom. The quantitative estimate of drug-likeness (QED) is 0.813. The molecule has 0 spiro atoms. The van der Waals surface area contributed by atoms with Crippen molar-refractivity contribution in [2.45, 2.75) is 13.0 Å². The molecular formula is C13H12ClNS. The van der Waals surface area contributed by atoms with Crippen LogP contribution >= 0.6 is 22.9 Å². The lowest BCUT2D eigenvalue weighted by molar-refractivity contribution is 0.655. The summed E-state index contributed by atoms with van der Waals surface area (Å²) in [7, 11) is 0. The Kier molecular flexibility index (Phi) is 2.72. The van der Waals surface area contributed by atoms with E-state index in [2.05, 4.69) is 23.5 Å². The molecule has 0 atom stereocenters. The summed E-state index contributed by atoms with van der Waals surface area (Å²) < 4.78 is 0. The summed E-state index contributed by atoms with van der Waals surface area (Å²) in [6.45, 7) is 2.12. The SMILES string of the molecule is Clc1ccc(-c2cc3c(s2)CNCC3)cc1. The molecule has 2 aromatic rings. The molecule has 0 bridgehead atoms. The van der Waals surface area contributed by atoms with Gasteiger partial charge in [-0.3, -0.25) is 0 Å². The third-order valence-electron chi connectivity index (χ3n) is 2.88. The molecule has 2 heterocycles. The molecule has 0 radical (unpaired) electrons. The van der Waals surface area contributed by atoms with E-state index < -0.39 is 0 Å². The first-order valence-corrected chi connectivity index (χ1v) is 6.60. The van der Waals surface area contributed by atoms with Crippen LogP contribution in [0.15, 0.2) is 30.3 Å². The minimum absolute atomic E-state index is 0.798. The number of nitrogens with one attached hydrogen (secondary N) is 1. The summed E-state index contributed by atoms with van der Waals surface area (Å²) in [5.74, 6) is 0. The van der Waals surface area contributed by atoms with Crippen LogP contribution in [0.2, 0.25) is 5.02 Å². The first kappa shape index (κ1) is 10.3. The van der Waals surface area contributed by atoms with Crippen LogP contribution in [-0.4, -0.2) is 6.54 Å². The Balaban J connectivity index is 2.00. The van der Waals surface area contributed by atoms with E-state index in [1.165, 1.54) is 20.9 Å². The lowest BCUT2D eigenvalue weighted by atomic mass is 10.1. The Bertz CT molecular complexity index is 478. The van der Waals surface area contributed by atoms with E-state index in [0.717, 1.165) is 24.5 Å². The van der Waals surface area contributed by atoms with Gasteiger partial charge in [-0.25, -0.2) is 0 Å². The summed E-state index contributed by atoms with van der Waals surface area (Å²) in [5, 5.41) is 4.20. The highest BCUT2D eigenvalue weighted by Gasteiger charge is 2.13. The fourth-order valence-electron chi connectivity index (χ4n) is 2.01. The van der Waals surface area contributed by atoms with Gasteiger partial charge in [-0.2, -0.15) is 0 Å². The van der Waals surface area contributed by atoms with Crippen LogP contribution < -0.4 is 5.32 Å². The second-order valence-corrected chi connectivity index (χ2v) is 5.57. The van der Waals surface area contributed by atoms with Crippen LogP contribution in [0.3, 0.4) is 0 Å². The minimum atomic E-state index is 0.798. The maximum atomic E-state index is 5.89. The van der Waals surface area contributed by atoms with Crippen molar-refractivity contribution in [2.24, 2.45) is 0 Å². The molecule has 0 fully saturated rings. The van der Waals surface area contributed by atoms with Gasteiger partial charge in [0.2, 0.25) is 0 Å². The molecule has 1 nitrogen and oxygen atoms in total. The molecule has 0 unspecified atom stereocenters. The molecular weight excluding hydrogens is 238 g/mol. The summed E-state index contributed by atoms with van der Waals surface area (Å²) in [6.07, 6.45) is 1.15. The molecule has 1 aromatic heterocycles. The zero-order chi connectivity index (χ0) is 11.0. The van der Waals surface area contributed by atoms with E-state index in [-0.39, 0.29) is 0 Å². The van der Waals surface area contributed by atoms with Crippen LogP contribution in [0, 0.1) is 0 Å². The number of hydrogen-bond donors (Lipinski definition) is 1. The molecule has 1 aliphatic heterocycles. The van der Waals surface area contributed by atoms with Gasteiger partial charge in [0.05, 0.1) is 0 Å². The highest BCUT2D eigenvalue weighted by molar-refractivity contribution is 7.15. The van der Waals surface area contributed by atoms with Crippen molar-refractivity contribution in [2.75, 3.05) is 6.54 Å². The van der Waals surface area contributed by atoms with Gasteiger partial charge in [0.1, 0.15) is 0 Å². The maximum Gasteiger partial charge on any atom is 0.0406 e. The standard InChI is InChI=1S/C13H12ClNS/c14-11-3-1-9(2-4-11)12-7-10-5-6-15-8-13(10)16-12/h1-4,7,15H,5-6,8H2. The normalized spacial score (nSPS) is 14.8. The fourth-order valence-corrected chi connectivity index (χ4v) is 3.32. The number of fused-ring (bicyclic) bond motifs is 1. The molecule has 0 saturated heterocycles. The van der Waals surface area contributed by atoms with E-state index in [9.17, 15) is 0 Å². The Morgan fingerprint density at radius 1 is 1.19 bits per heavy atom. The first-order chi connectivity index (χ1) is 7.83. The summed E-state index contributed by atoms with van der Waals surface area (Å²) >= 11 is 7.78. The number of rotatable bonds is 1. The van der Waals surface area contributed by atoms with Gasteiger partial charge in [0.15, 0.2) is 0 Å². The number of halogens is 1. The third kappa shape index (κ3) is 1.88. The molecule has 1 aromatic carbocycles. The summed E-state index contributed by atoms with van der Waals surface area (Å²) in [4.78, 5) is 2.83. The van der Waals surface area contributed by atoms with Crippen LogP contribution in [0.5, 0.6) is 0 Å². The number of hydrogen-bond acceptors (Lipinski definition) is 2. The second-order valence-electron chi connectivity index (χ2n) is 3.99. The Hall–Kier alpha value is -0.830. The summed E-state index contributed by atoms with van der Waals surface area (Å²) in [6, 6.07) is 10.4. The lowest BCUT2D eigenvalue weighted by Gasteiger charge is -2.10. The number of thiophene rings is 1. The predicted molar refractivity (Wildman–Crippen MR) is 70.2 cm³/mol.